The van der Waals surface area contributed by atoms with Crippen molar-refractivity contribution in [2.24, 2.45) is 5.92 Å². The van der Waals surface area contributed by atoms with E-state index in [-0.39, 0.29) is 28.5 Å². The number of sulfonamides is 1. The number of hydrogen-bond donors (Lipinski definition) is 2. The van der Waals surface area contributed by atoms with Crippen LogP contribution < -0.4 is 14.8 Å². The highest BCUT2D eigenvalue weighted by Crippen LogP contribution is 2.35. The van der Waals surface area contributed by atoms with E-state index in [2.05, 4.69) is 28.8 Å². The minimum Gasteiger partial charge on any atom is -0.482 e. The number of hydrogen-bond acceptors (Lipinski definition) is 6. The third-order valence-electron chi connectivity index (χ3n) is 5.55. The van der Waals surface area contributed by atoms with Crippen LogP contribution in [0.4, 0.5) is 5.69 Å². The van der Waals surface area contributed by atoms with Crippen molar-refractivity contribution >= 4 is 33.2 Å². The highest BCUT2D eigenvalue weighted by molar-refractivity contribution is 7.89. The van der Waals surface area contributed by atoms with Gasteiger partial charge in [-0.25, -0.2) is 13.1 Å². The summed E-state index contributed by atoms with van der Waals surface area (Å²) < 4.78 is 39.5. The van der Waals surface area contributed by atoms with Gasteiger partial charge in [0, 0.05) is 31.7 Å². The van der Waals surface area contributed by atoms with E-state index in [4.69, 9.17) is 21.1 Å². The average molecular weight is 446 g/mol. The number of anilines is 1. The van der Waals surface area contributed by atoms with Gasteiger partial charge in [0.05, 0.1) is 23.9 Å². The van der Waals surface area contributed by atoms with Crippen molar-refractivity contribution in [1.29, 1.82) is 0 Å². The number of fused-ring (bicyclic) bond motifs is 1. The predicted molar refractivity (Wildman–Crippen MR) is 111 cm³/mol. The number of carbonyl (C=O) groups excluding carboxylic acids is 1. The average Bonchev–Trinajstić information content (AvgIpc) is 2.71. The molecule has 1 fully saturated rings. The molecule has 2 aliphatic heterocycles. The molecular weight excluding hydrogens is 418 g/mol. The van der Waals surface area contributed by atoms with Crippen LogP contribution in [0.1, 0.15) is 26.7 Å². The highest BCUT2D eigenvalue weighted by Gasteiger charge is 2.30. The fourth-order valence-electron chi connectivity index (χ4n) is 3.90. The molecule has 29 heavy (non-hydrogen) atoms. The zero-order valence-electron chi connectivity index (χ0n) is 16.7. The number of nitrogens with one attached hydrogen (secondary N) is 2. The van der Waals surface area contributed by atoms with Crippen molar-refractivity contribution in [3.8, 4) is 5.75 Å². The monoisotopic (exact) mass is 445 g/mol. The maximum Gasteiger partial charge on any atom is 0.262 e. The fourth-order valence-corrected chi connectivity index (χ4v) is 5.49. The molecule has 2 heterocycles. The zero-order chi connectivity index (χ0) is 21.0. The van der Waals surface area contributed by atoms with Gasteiger partial charge in [-0.3, -0.25) is 9.69 Å². The second kappa shape index (κ2) is 9.61. The Kier molecular flexibility index (Phi) is 7.39. The van der Waals surface area contributed by atoms with E-state index in [1.165, 1.54) is 12.1 Å². The lowest BCUT2D eigenvalue weighted by Crippen LogP contribution is -2.52. The van der Waals surface area contributed by atoms with Crippen LogP contribution in [0, 0.1) is 5.92 Å². The number of nitrogens with zero attached hydrogens (tertiary/aromatic N) is 1. The van der Waals surface area contributed by atoms with Gasteiger partial charge < -0.3 is 14.8 Å². The summed E-state index contributed by atoms with van der Waals surface area (Å²) >= 11 is 6.22. The van der Waals surface area contributed by atoms with Gasteiger partial charge in [-0.15, -0.1) is 0 Å². The Balaban J connectivity index is 1.79. The van der Waals surface area contributed by atoms with Crippen LogP contribution in [0.3, 0.4) is 0 Å². The van der Waals surface area contributed by atoms with Gasteiger partial charge in [-0.1, -0.05) is 38.3 Å². The summed E-state index contributed by atoms with van der Waals surface area (Å²) in [6.07, 6.45) is 1.93. The Morgan fingerprint density at radius 3 is 2.59 bits per heavy atom. The van der Waals surface area contributed by atoms with Crippen molar-refractivity contribution in [1.82, 2.24) is 9.62 Å². The summed E-state index contributed by atoms with van der Waals surface area (Å²) in [5.41, 5.74) is 0.369. The van der Waals surface area contributed by atoms with E-state index >= 15 is 0 Å². The summed E-state index contributed by atoms with van der Waals surface area (Å²) in [6.45, 7) is 7.28. The third kappa shape index (κ3) is 5.21. The minimum absolute atomic E-state index is 0.0347. The van der Waals surface area contributed by atoms with E-state index < -0.39 is 10.0 Å². The molecule has 1 aromatic carbocycles. The van der Waals surface area contributed by atoms with Gasteiger partial charge >= 0.3 is 0 Å². The second-order valence-corrected chi connectivity index (χ2v) is 9.40. The molecule has 2 N–H and O–H groups in total. The van der Waals surface area contributed by atoms with Crippen LogP contribution in [0.2, 0.25) is 5.02 Å². The Morgan fingerprint density at radius 1 is 1.24 bits per heavy atom. The molecule has 0 spiro atoms. The normalized spacial score (nSPS) is 18.8. The van der Waals surface area contributed by atoms with Crippen LogP contribution >= 0.6 is 11.6 Å². The lowest BCUT2D eigenvalue weighted by atomic mass is 9.92. The molecule has 0 aromatic heterocycles. The molecule has 1 atom stereocenters. The molecule has 1 unspecified atom stereocenters. The largest absolute Gasteiger partial charge is 0.482 e. The first-order chi connectivity index (χ1) is 13.9. The summed E-state index contributed by atoms with van der Waals surface area (Å²) in [5, 5.41) is 2.66. The zero-order valence-corrected chi connectivity index (χ0v) is 18.3. The van der Waals surface area contributed by atoms with Crippen molar-refractivity contribution in [2.45, 2.75) is 37.6 Å². The Bertz CT molecular complexity index is 838. The van der Waals surface area contributed by atoms with Gasteiger partial charge in [0.25, 0.3) is 5.91 Å². The molecule has 1 aromatic rings. The Morgan fingerprint density at radius 2 is 1.93 bits per heavy atom. The van der Waals surface area contributed by atoms with Crippen molar-refractivity contribution in [2.75, 3.05) is 44.8 Å². The van der Waals surface area contributed by atoms with Crippen molar-refractivity contribution < 1.29 is 22.7 Å². The third-order valence-corrected chi connectivity index (χ3v) is 7.43. The van der Waals surface area contributed by atoms with E-state index in [9.17, 15) is 13.2 Å². The maximum atomic E-state index is 13.0. The Labute approximate surface area is 176 Å². The first kappa shape index (κ1) is 22.3. The standard InChI is InChI=1S/C19H28ClN3O5S/c1-3-13(4-2)16(23-5-7-27-8-6-23)11-21-29(25,26)18-10-17-15(9-14(18)20)22-19(24)12-28-17/h9-10,13,16,21H,3-8,11-12H2,1-2H3,(H,22,24). The molecule has 1 amide bonds. The van der Waals surface area contributed by atoms with Crippen LogP contribution in [0.15, 0.2) is 17.0 Å². The predicted octanol–water partition coefficient (Wildman–Crippen LogP) is 2.09. The Hall–Kier alpha value is -1.39. The minimum atomic E-state index is -3.85. The van der Waals surface area contributed by atoms with Gasteiger partial charge in [0.15, 0.2) is 6.61 Å². The van der Waals surface area contributed by atoms with Crippen LogP contribution in [-0.2, 0) is 19.6 Å². The van der Waals surface area contributed by atoms with Crippen LogP contribution in [0.25, 0.3) is 0 Å². The molecule has 2 aliphatic rings. The van der Waals surface area contributed by atoms with Gasteiger partial charge in [-0.2, -0.15) is 0 Å². The molecule has 162 valence electrons. The SMILES string of the molecule is CCC(CC)C(CNS(=O)(=O)c1cc2c(cc1Cl)NC(=O)CO2)N1CCOCC1. The van der Waals surface area contributed by atoms with Crippen LogP contribution in [-0.4, -0.2) is 64.7 Å². The summed E-state index contributed by atoms with van der Waals surface area (Å²) in [6, 6.07) is 2.85. The van der Waals surface area contributed by atoms with Crippen molar-refractivity contribution in [3.63, 3.8) is 0 Å². The maximum absolute atomic E-state index is 13.0. The van der Waals surface area contributed by atoms with E-state index in [0.29, 0.717) is 37.1 Å². The summed E-state index contributed by atoms with van der Waals surface area (Å²) in [5.74, 6) is 0.355. The molecule has 0 radical (unpaired) electrons. The quantitative estimate of drug-likeness (QED) is 0.636. The number of benzene rings is 1. The molecule has 8 nitrogen and oxygen atoms in total. The smallest absolute Gasteiger partial charge is 0.262 e. The van der Waals surface area contributed by atoms with E-state index in [1.807, 2.05) is 0 Å². The van der Waals surface area contributed by atoms with Gasteiger partial charge in [-0.05, 0) is 12.0 Å². The van der Waals surface area contributed by atoms with Gasteiger partial charge in [0.1, 0.15) is 10.6 Å². The van der Waals surface area contributed by atoms with Gasteiger partial charge in [0.2, 0.25) is 10.0 Å². The highest BCUT2D eigenvalue weighted by atomic mass is 35.5. The lowest BCUT2D eigenvalue weighted by Gasteiger charge is -2.38. The molecule has 0 aliphatic carbocycles. The molecule has 1 saturated heterocycles. The molecule has 3 rings (SSSR count). The lowest BCUT2D eigenvalue weighted by molar-refractivity contribution is -0.118. The number of rotatable bonds is 8. The summed E-state index contributed by atoms with van der Waals surface area (Å²) in [7, 11) is -3.85. The first-order valence-electron chi connectivity index (χ1n) is 9.93. The summed E-state index contributed by atoms with van der Waals surface area (Å²) in [4.78, 5) is 13.7. The number of ether oxygens (including phenoxy) is 2. The number of halogens is 1. The molecular formula is C19H28ClN3O5S. The molecule has 10 heteroatoms. The fraction of sp³-hybridized carbons (Fsp3) is 0.632. The number of morpholine rings is 1. The molecule has 0 saturated carbocycles. The van der Waals surface area contributed by atoms with E-state index in [0.717, 1.165) is 25.9 Å². The first-order valence-corrected chi connectivity index (χ1v) is 11.8. The number of carbonyl (C=O) groups is 1. The van der Waals surface area contributed by atoms with E-state index in [1.54, 1.807) is 0 Å². The molecule has 0 bridgehead atoms. The van der Waals surface area contributed by atoms with Crippen molar-refractivity contribution in [3.05, 3.63) is 17.2 Å². The number of amides is 1. The van der Waals surface area contributed by atoms with Crippen LogP contribution in [0.5, 0.6) is 5.75 Å². The topological polar surface area (TPSA) is 97.0 Å². The second-order valence-electron chi connectivity index (χ2n) is 7.26.